The molecular formula is C15H21ClN2O3. The second-order valence-electron chi connectivity index (χ2n) is 4.83. The largest absolute Gasteiger partial charge is 0.468 e. The van der Waals surface area contributed by atoms with Gasteiger partial charge in [-0.25, -0.2) is 0 Å². The molecule has 2 N–H and O–H groups in total. The van der Waals surface area contributed by atoms with Crippen molar-refractivity contribution >= 4 is 23.5 Å². The molecule has 116 valence electrons. The van der Waals surface area contributed by atoms with Crippen LogP contribution in [0.1, 0.15) is 18.4 Å². The number of carbonyl (C=O) groups is 2. The third kappa shape index (κ3) is 5.73. The lowest BCUT2D eigenvalue weighted by molar-refractivity contribution is -0.142. The van der Waals surface area contributed by atoms with Gasteiger partial charge >= 0.3 is 5.97 Å². The van der Waals surface area contributed by atoms with Gasteiger partial charge in [-0.1, -0.05) is 29.8 Å². The molecule has 0 heterocycles. The Labute approximate surface area is 130 Å². The Bertz CT molecular complexity index is 494. The molecule has 1 atom stereocenters. The lowest BCUT2D eigenvalue weighted by Gasteiger charge is -2.18. The zero-order valence-electron chi connectivity index (χ0n) is 12.3. The molecular weight excluding hydrogens is 292 g/mol. The minimum absolute atomic E-state index is 0.0543. The molecule has 6 heteroatoms. The second-order valence-corrected chi connectivity index (χ2v) is 5.23. The van der Waals surface area contributed by atoms with E-state index in [1.807, 2.05) is 24.3 Å². The standard InChI is InChI=1S/C15H21ClN2O3/c1-18(10-9-11-5-3-4-6-12(11)16)14(19)8-7-13(17)15(20)21-2/h3-6,13H,7-10,17H2,1-2H3/t13-/m0/s1. The van der Waals surface area contributed by atoms with Crippen LogP contribution in [0.2, 0.25) is 5.02 Å². The maximum absolute atomic E-state index is 11.9. The van der Waals surface area contributed by atoms with Gasteiger partial charge in [0.25, 0.3) is 0 Å². The number of halogens is 1. The van der Waals surface area contributed by atoms with Crippen LogP contribution in [0.3, 0.4) is 0 Å². The van der Waals surface area contributed by atoms with E-state index < -0.39 is 12.0 Å². The van der Waals surface area contributed by atoms with Gasteiger partial charge in [0, 0.05) is 25.0 Å². The topological polar surface area (TPSA) is 72.6 Å². The Hall–Kier alpha value is -1.59. The normalized spacial score (nSPS) is 11.8. The fourth-order valence-electron chi connectivity index (χ4n) is 1.85. The van der Waals surface area contributed by atoms with E-state index >= 15 is 0 Å². The molecule has 0 saturated heterocycles. The van der Waals surface area contributed by atoms with Gasteiger partial charge in [-0.3, -0.25) is 9.59 Å². The maximum Gasteiger partial charge on any atom is 0.322 e. The van der Waals surface area contributed by atoms with Crippen molar-refractivity contribution in [2.75, 3.05) is 20.7 Å². The van der Waals surface area contributed by atoms with E-state index in [2.05, 4.69) is 4.74 Å². The smallest absolute Gasteiger partial charge is 0.322 e. The van der Waals surface area contributed by atoms with Crippen LogP contribution in [0.25, 0.3) is 0 Å². The van der Waals surface area contributed by atoms with Crippen LogP contribution >= 0.6 is 11.6 Å². The third-order valence-corrected chi connectivity index (χ3v) is 3.64. The zero-order chi connectivity index (χ0) is 15.8. The van der Waals surface area contributed by atoms with Gasteiger partial charge in [-0.05, 0) is 24.5 Å². The summed E-state index contributed by atoms with van der Waals surface area (Å²) >= 11 is 6.07. The summed E-state index contributed by atoms with van der Waals surface area (Å²) in [5.41, 5.74) is 6.60. The molecule has 0 spiro atoms. The fraction of sp³-hybridized carbons (Fsp3) is 0.467. The molecule has 0 fully saturated rings. The van der Waals surface area contributed by atoms with Gasteiger partial charge in [0.05, 0.1) is 7.11 Å². The molecule has 0 radical (unpaired) electrons. The minimum Gasteiger partial charge on any atom is -0.468 e. The number of hydrogen-bond donors (Lipinski definition) is 1. The lowest BCUT2D eigenvalue weighted by atomic mass is 10.1. The Kier molecular flexibility index (Phi) is 7.19. The summed E-state index contributed by atoms with van der Waals surface area (Å²) in [6.07, 6.45) is 1.18. The number of amides is 1. The highest BCUT2D eigenvalue weighted by molar-refractivity contribution is 6.31. The summed E-state index contributed by atoms with van der Waals surface area (Å²) in [6, 6.07) is 6.80. The summed E-state index contributed by atoms with van der Waals surface area (Å²) in [4.78, 5) is 24.7. The van der Waals surface area contributed by atoms with Crippen molar-refractivity contribution in [2.45, 2.75) is 25.3 Å². The van der Waals surface area contributed by atoms with Crippen molar-refractivity contribution in [1.82, 2.24) is 4.90 Å². The van der Waals surface area contributed by atoms with Crippen LogP contribution in [0.4, 0.5) is 0 Å². The Balaban J connectivity index is 2.38. The average molecular weight is 313 g/mol. The molecule has 1 amide bonds. The van der Waals surface area contributed by atoms with Crippen molar-refractivity contribution in [2.24, 2.45) is 5.73 Å². The van der Waals surface area contributed by atoms with Gasteiger partial charge in [-0.2, -0.15) is 0 Å². The van der Waals surface area contributed by atoms with E-state index in [0.717, 1.165) is 5.56 Å². The van der Waals surface area contributed by atoms with Gasteiger partial charge in [0.15, 0.2) is 0 Å². The highest BCUT2D eigenvalue weighted by atomic mass is 35.5. The summed E-state index contributed by atoms with van der Waals surface area (Å²) < 4.78 is 4.52. The monoisotopic (exact) mass is 312 g/mol. The number of benzene rings is 1. The number of ether oxygens (including phenoxy) is 1. The quantitative estimate of drug-likeness (QED) is 0.777. The molecule has 0 aromatic heterocycles. The number of likely N-dealkylation sites (N-methyl/N-ethyl adjacent to an activating group) is 1. The first kappa shape index (κ1) is 17.5. The van der Waals surface area contributed by atoms with Gasteiger partial charge in [-0.15, -0.1) is 0 Å². The van der Waals surface area contributed by atoms with Crippen LogP contribution in [0.15, 0.2) is 24.3 Å². The molecule has 0 saturated carbocycles. The van der Waals surface area contributed by atoms with E-state index in [9.17, 15) is 9.59 Å². The first-order valence-electron chi connectivity index (χ1n) is 6.76. The molecule has 5 nitrogen and oxygen atoms in total. The summed E-state index contributed by atoms with van der Waals surface area (Å²) in [5.74, 6) is -0.553. The maximum atomic E-state index is 11.9. The number of esters is 1. The predicted octanol–water partition coefficient (Wildman–Crippen LogP) is 1.62. The second kappa shape index (κ2) is 8.64. The zero-order valence-corrected chi connectivity index (χ0v) is 13.1. The average Bonchev–Trinajstić information content (AvgIpc) is 2.50. The van der Waals surface area contributed by atoms with Crippen molar-refractivity contribution < 1.29 is 14.3 Å². The molecule has 0 aliphatic heterocycles. The highest BCUT2D eigenvalue weighted by Crippen LogP contribution is 2.15. The van der Waals surface area contributed by atoms with Crippen molar-refractivity contribution in [3.63, 3.8) is 0 Å². The van der Waals surface area contributed by atoms with Gasteiger partial charge < -0.3 is 15.4 Å². The Morgan fingerprint density at radius 2 is 2.05 bits per heavy atom. The van der Waals surface area contributed by atoms with Crippen molar-refractivity contribution in [3.05, 3.63) is 34.9 Å². The highest BCUT2D eigenvalue weighted by Gasteiger charge is 2.17. The lowest BCUT2D eigenvalue weighted by Crippen LogP contribution is -2.35. The Morgan fingerprint density at radius 3 is 2.67 bits per heavy atom. The van der Waals surface area contributed by atoms with E-state index in [4.69, 9.17) is 17.3 Å². The first-order valence-corrected chi connectivity index (χ1v) is 7.14. The molecule has 0 aliphatic rings. The number of carbonyl (C=O) groups excluding carboxylic acids is 2. The van der Waals surface area contributed by atoms with Crippen LogP contribution in [0, 0.1) is 0 Å². The van der Waals surface area contributed by atoms with Gasteiger partial charge in [0.1, 0.15) is 6.04 Å². The molecule has 21 heavy (non-hydrogen) atoms. The molecule has 0 bridgehead atoms. The summed E-state index contributed by atoms with van der Waals surface area (Å²) in [7, 11) is 3.00. The minimum atomic E-state index is -0.754. The number of nitrogens with two attached hydrogens (primary N) is 1. The van der Waals surface area contributed by atoms with E-state index in [-0.39, 0.29) is 18.7 Å². The number of nitrogens with zero attached hydrogens (tertiary/aromatic N) is 1. The van der Waals surface area contributed by atoms with E-state index in [1.165, 1.54) is 7.11 Å². The molecule has 1 aromatic carbocycles. The van der Waals surface area contributed by atoms with Crippen LogP contribution in [0.5, 0.6) is 0 Å². The summed E-state index contributed by atoms with van der Waals surface area (Å²) in [5, 5.41) is 0.700. The number of hydrogen-bond acceptors (Lipinski definition) is 4. The van der Waals surface area contributed by atoms with Crippen LogP contribution in [-0.4, -0.2) is 43.5 Å². The third-order valence-electron chi connectivity index (χ3n) is 3.27. The van der Waals surface area contributed by atoms with Crippen molar-refractivity contribution in [1.29, 1.82) is 0 Å². The van der Waals surface area contributed by atoms with Crippen molar-refractivity contribution in [3.8, 4) is 0 Å². The molecule has 0 aliphatic carbocycles. The van der Waals surface area contributed by atoms with Crippen LogP contribution < -0.4 is 5.73 Å². The SMILES string of the molecule is COC(=O)[C@@H](N)CCC(=O)N(C)CCc1ccccc1Cl. The van der Waals surface area contributed by atoms with Crippen LogP contribution in [-0.2, 0) is 20.7 Å². The van der Waals surface area contributed by atoms with Gasteiger partial charge in [0.2, 0.25) is 5.91 Å². The van der Waals surface area contributed by atoms with E-state index in [1.54, 1.807) is 11.9 Å². The van der Waals surface area contributed by atoms with E-state index in [0.29, 0.717) is 18.0 Å². The number of methoxy groups -OCH3 is 1. The Morgan fingerprint density at radius 1 is 1.38 bits per heavy atom. The summed E-state index contributed by atoms with van der Waals surface area (Å²) in [6.45, 7) is 0.566. The molecule has 0 unspecified atom stereocenters. The number of rotatable bonds is 7. The predicted molar refractivity (Wildman–Crippen MR) is 82.0 cm³/mol. The molecule has 1 aromatic rings. The first-order chi connectivity index (χ1) is 9.95. The fourth-order valence-corrected chi connectivity index (χ4v) is 2.08. The molecule has 1 rings (SSSR count).